The molecule has 1 amide bonds. The number of ether oxygens (including phenoxy) is 1. The summed E-state index contributed by atoms with van der Waals surface area (Å²) in [6.07, 6.45) is 5.54. The molecule has 0 radical (unpaired) electrons. The Morgan fingerprint density at radius 3 is 2.83 bits per heavy atom. The molecule has 3 aromatic heterocycles. The molecule has 2 atom stereocenters. The Morgan fingerprint density at radius 1 is 1.10 bits per heavy atom. The third kappa shape index (κ3) is 4.56. The molecular formula is C31H29FN8O2. The first-order valence-electron chi connectivity index (χ1n) is 13.8. The van der Waals surface area contributed by atoms with Gasteiger partial charge in [0.05, 0.1) is 28.6 Å². The summed E-state index contributed by atoms with van der Waals surface area (Å²) in [7, 11) is 1.93. The van der Waals surface area contributed by atoms with Gasteiger partial charge in [-0.05, 0) is 61.2 Å². The number of pyridine rings is 1. The first kappa shape index (κ1) is 25.9. The van der Waals surface area contributed by atoms with E-state index >= 15 is 4.39 Å². The summed E-state index contributed by atoms with van der Waals surface area (Å²) in [5.41, 5.74) is 3.95. The summed E-state index contributed by atoms with van der Waals surface area (Å²) in [5, 5.41) is 3.12. The lowest BCUT2D eigenvalue weighted by Gasteiger charge is -2.33. The molecule has 2 aliphatic heterocycles. The van der Waals surface area contributed by atoms with Gasteiger partial charge in [-0.2, -0.15) is 0 Å². The largest absolute Gasteiger partial charge is 0.457 e. The summed E-state index contributed by atoms with van der Waals surface area (Å²) >= 11 is 0. The second-order valence-electron chi connectivity index (χ2n) is 10.9. The lowest BCUT2D eigenvalue weighted by Crippen LogP contribution is -2.44. The number of hydrogen-bond acceptors (Lipinski definition) is 8. The van der Waals surface area contributed by atoms with Crippen molar-refractivity contribution in [1.82, 2.24) is 29.4 Å². The van der Waals surface area contributed by atoms with Crippen molar-refractivity contribution in [3.05, 3.63) is 79.2 Å². The normalized spacial score (nSPS) is 18.1. The summed E-state index contributed by atoms with van der Waals surface area (Å²) in [6, 6.07) is 12.6. The van der Waals surface area contributed by atoms with E-state index in [1.165, 1.54) is 18.5 Å². The Hall–Kier alpha value is -5.06. The second-order valence-corrected chi connectivity index (χ2v) is 10.9. The summed E-state index contributed by atoms with van der Waals surface area (Å²) in [5.74, 6) is 2.01. The van der Waals surface area contributed by atoms with E-state index in [1.807, 2.05) is 53.8 Å². The van der Waals surface area contributed by atoms with Crippen LogP contribution in [0.3, 0.4) is 0 Å². The number of hydrogen-bond donors (Lipinski definition) is 1. The fourth-order valence-corrected chi connectivity index (χ4v) is 6.03. The van der Waals surface area contributed by atoms with Crippen LogP contribution < -0.4 is 15.0 Å². The van der Waals surface area contributed by atoms with Crippen LogP contribution in [0.4, 0.5) is 21.7 Å². The van der Waals surface area contributed by atoms with Crippen molar-refractivity contribution >= 4 is 45.3 Å². The Labute approximate surface area is 241 Å². The monoisotopic (exact) mass is 564 g/mol. The number of nitrogens with zero attached hydrogens (tertiary/aromatic N) is 7. The van der Waals surface area contributed by atoms with Crippen molar-refractivity contribution in [3.63, 3.8) is 0 Å². The average molecular weight is 565 g/mol. The van der Waals surface area contributed by atoms with Gasteiger partial charge in [-0.1, -0.05) is 6.58 Å². The standard InChI is InChI=1S/C31H29FN8O2/c1-4-29(41)40-14-19-10-20(40)15-39(13-19)28-8-6-23-30(37-28)31(34-16-33-23)36-24-9-18(2)27(12-22(24)32)42-21-5-7-26-25(11-21)35-17-38(26)3/h4-9,11-12,16-17,19-20H,1,10,13-15H2,2-3H3,(H,33,34,36)/t19-,20+/m0/s1. The van der Waals surface area contributed by atoms with Gasteiger partial charge in [-0.25, -0.2) is 24.3 Å². The van der Waals surface area contributed by atoms with Crippen molar-refractivity contribution < 1.29 is 13.9 Å². The van der Waals surface area contributed by atoms with Crippen molar-refractivity contribution in [3.8, 4) is 11.5 Å². The lowest BCUT2D eigenvalue weighted by atomic mass is 10.00. The molecule has 7 rings (SSSR count). The fraction of sp³-hybridized carbons (Fsp3) is 0.258. The Bertz CT molecular complexity index is 1870. The predicted octanol–water partition coefficient (Wildman–Crippen LogP) is 5.12. The molecule has 2 fully saturated rings. The maximum absolute atomic E-state index is 15.4. The molecule has 0 saturated carbocycles. The van der Waals surface area contributed by atoms with E-state index in [-0.39, 0.29) is 17.6 Å². The number of fused-ring (bicyclic) bond motifs is 4. The maximum Gasteiger partial charge on any atom is 0.246 e. The van der Waals surface area contributed by atoms with Crippen LogP contribution in [0.1, 0.15) is 12.0 Å². The van der Waals surface area contributed by atoms with E-state index in [2.05, 4.69) is 31.7 Å². The van der Waals surface area contributed by atoms with E-state index in [0.717, 1.165) is 41.9 Å². The number of benzene rings is 2. The molecule has 0 spiro atoms. The SMILES string of the molecule is C=CC(=O)N1C[C@H]2C[C@@H]1CN(c1ccc3ncnc(Nc4cc(C)c(Oc5ccc6c(c5)ncn6C)cc4F)c3n1)C2. The molecule has 10 nitrogen and oxygen atoms in total. The second kappa shape index (κ2) is 10.1. The fourth-order valence-electron chi connectivity index (χ4n) is 6.03. The number of anilines is 3. The smallest absolute Gasteiger partial charge is 0.246 e. The van der Waals surface area contributed by atoms with Gasteiger partial charge in [0.15, 0.2) is 5.82 Å². The van der Waals surface area contributed by atoms with Crippen LogP contribution in [0.2, 0.25) is 0 Å². The summed E-state index contributed by atoms with van der Waals surface area (Å²) < 4.78 is 23.4. The van der Waals surface area contributed by atoms with Gasteiger partial charge in [0, 0.05) is 44.9 Å². The van der Waals surface area contributed by atoms with Gasteiger partial charge in [0.1, 0.15) is 35.0 Å². The third-order valence-electron chi connectivity index (χ3n) is 8.10. The number of likely N-dealkylation sites (tertiary alicyclic amines) is 1. The van der Waals surface area contributed by atoms with Crippen LogP contribution in [0.15, 0.2) is 67.8 Å². The lowest BCUT2D eigenvalue weighted by molar-refractivity contribution is -0.126. The van der Waals surface area contributed by atoms with Crippen LogP contribution in [-0.4, -0.2) is 61.0 Å². The maximum atomic E-state index is 15.4. The number of aromatic nitrogens is 5. The highest BCUT2D eigenvalue weighted by molar-refractivity contribution is 5.89. The van der Waals surface area contributed by atoms with Gasteiger partial charge in [-0.15, -0.1) is 0 Å². The molecule has 11 heteroatoms. The number of halogens is 1. The molecule has 0 unspecified atom stereocenters. The summed E-state index contributed by atoms with van der Waals surface area (Å²) in [6.45, 7) is 7.72. The van der Waals surface area contributed by atoms with Crippen molar-refractivity contribution in [2.75, 3.05) is 29.9 Å². The zero-order valence-electron chi connectivity index (χ0n) is 23.3. The minimum absolute atomic E-state index is 0.0290. The number of carbonyl (C=O) groups is 1. The Morgan fingerprint density at radius 2 is 1.98 bits per heavy atom. The third-order valence-corrected chi connectivity index (χ3v) is 8.10. The van der Waals surface area contributed by atoms with E-state index < -0.39 is 5.82 Å². The van der Waals surface area contributed by atoms with Gasteiger partial charge in [0.2, 0.25) is 5.91 Å². The van der Waals surface area contributed by atoms with Gasteiger partial charge >= 0.3 is 0 Å². The van der Waals surface area contributed by atoms with Crippen molar-refractivity contribution in [2.24, 2.45) is 13.0 Å². The number of amides is 1. The van der Waals surface area contributed by atoms with Gasteiger partial charge < -0.3 is 24.4 Å². The Kier molecular flexibility index (Phi) is 6.22. The number of nitrogens with one attached hydrogen (secondary N) is 1. The number of carbonyl (C=O) groups excluding carboxylic acids is 1. The molecule has 2 bridgehead atoms. The number of imidazole rings is 1. The number of rotatable bonds is 6. The molecule has 1 N–H and O–H groups in total. The minimum atomic E-state index is -0.489. The summed E-state index contributed by atoms with van der Waals surface area (Å²) in [4.78, 5) is 34.4. The topological polar surface area (TPSA) is 101 Å². The molecule has 42 heavy (non-hydrogen) atoms. The van der Waals surface area contributed by atoms with E-state index in [0.29, 0.717) is 40.8 Å². The van der Waals surface area contributed by atoms with E-state index in [1.54, 1.807) is 12.4 Å². The van der Waals surface area contributed by atoms with Crippen molar-refractivity contribution in [2.45, 2.75) is 19.4 Å². The molecular weight excluding hydrogens is 535 g/mol. The predicted molar refractivity (Wildman–Crippen MR) is 159 cm³/mol. The van der Waals surface area contributed by atoms with E-state index in [4.69, 9.17) is 9.72 Å². The molecule has 5 heterocycles. The van der Waals surface area contributed by atoms with Crippen LogP contribution in [0.5, 0.6) is 11.5 Å². The highest BCUT2D eigenvalue weighted by atomic mass is 19.1. The number of piperidine rings is 1. The minimum Gasteiger partial charge on any atom is -0.457 e. The average Bonchev–Trinajstić information content (AvgIpc) is 3.52. The van der Waals surface area contributed by atoms with E-state index in [9.17, 15) is 4.79 Å². The zero-order valence-corrected chi connectivity index (χ0v) is 23.3. The Balaban J connectivity index is 1.14. The highest BCUT2D eigenvalue weighted by Gasteiger charge is 2.40. The van der Waals surface area contributed by atoms with Crippen LogP contribution in [-0.2, 0) is 11.8 Å². The highest BCUT2D eigenvalue weighted by Crippen LogP contribution is 2.35. The quantitative estimate of drug-likeness (QED) is 0.284. The zero-order chi connectivity index (χ0) is 29.0. The molecule has 2 saturated heterocycles. The molecule has 5 aromatic rings. The van der Waals surface area contributed by atoms with Gasteiger partial charge in [-0.3, -0.25) is 4.79 Å². The van der Waals surface area contributed by atoms with Crippen LogP contribution in [0.25, 0.3) is 22.1 Å². The van der Waals surface area contributed by atoms with Crippen LogP contribution >= 0.6 is 0 Å². The van der Waals surface area contributed by atoms with Gasteiger partial charge in [0.25, 0.3) is 0 Å². The van der Waals surface area contributed by atoms with Crippen LogP contribution in [0, 0.1) is 18.7 Å². The first-order chi connectivity index (χ1) is 20.4. The molecule has 2 aromatic carbocycles. The molecule has 212 valence electrons. The molecule has 0 aliphatic carbocycles. The first-order valence-corrected chi connectivity index (χ1v) is 13.8. The molecule has 2 aliphatic rings. The van der Waals surface area contributed by atoms with Crippen molar-refractivity contribution in [1.29, 1.82) is 0 Å². The number of aryl methyl sites for hydroxylation is 2.